The van der Waals surface area contributed by atoms with Crippen LogP contribution in [0.15, 0.2) is 0 Å². The van der Waals surface area contributed by atoms with Crippen LogP contribution in [0, 0.1) is 5.92 Å². The summed E-state index contributed by atoms with van der Waals surface area (Å²) < 4.78 is -0.429. The van der Waals surface area contributed by atoms with Gasteiger partial charge in [-0.25, -0.2) is 0 Å². The first kappa shape index (κ1) is 9.90. The Morgan fingerprint density at radius 3 is 2.08 bits per heavy atom. The lowest BCUT2D eigenvalue weighted by atomic mass is 10.3. The van der Waals surface area contributed by atoms with Crippen molar-refractivity contribution >= 4 is 17.7 Å². The third-order valence-electron chi connectivity index (χ3n) is 2.10. The molecule has 1 fully saturated rings. The second-order valence-corrected chi connectivity index (χ2v) is 6.67. The summed E-state index contributed by atoms with van der Waals surface area (Å²) in [6, 6.07) is 0. The van der Waals surface area contributed by atoms with E-state index >= 15 is 0 Å². The fourth-order valence-corrected chi connectivity index (χ4v) is 3.14. The number of hydrogen-bond acceptors (Lipinski definition) is 2. The van der Waals surface area contributed by atoms with Gasteiger partial charge in [0.25, 0.3) is 0 Å². The van der Waals surface area contributed by atoms with Gasteiger partial charge in [0, 0.05) is 4.75 Å². The van der Waals surface area contributed by atoms with E-state index in [1.807, 2.05) is 6.92 Å². The molecule has 0 aromatic carbocycles. The van der Waals surface area contributed by atoms with Gasteiger partial charge >= 0.3 is 5.97 Å². The monoisotopic (exact) mass is 188 g/mol. The molecule has 0 heterocycles. The minimum absolute atomic E-state index is 0.0448. The Bertz CT molecular complexity index is 207. The highest BCUT2D eigenvalue weighted by atomic mass is 32.2. The van der Waals surface area contributed by atoms with Crippen molar-refractivity contribution < 1.29 is 9.90 Å². The fourth-order valence-electron chi connectivity index (χ4n) is 1.43. The molecule has 0 radical (unpaired) electrons. The first-order chi connectivity index (χ1) is 5.28. The maximum atomic E-state index is 11.0. The predicted octanol–water partition coefficient (Wildman–Crippen LogP) is 2.38. The third kappa shape index (κ3) is 1.76. The molecule has 70 valence electrons. The van der Waals surface area contributed by atoms with Crippen LogP contribution in [0.25, 0.3) is 0 Å². The number of rotatable bonds is 2. The summed E-state index contributed by atoms with van der Waals surface area (Å²) in [5.41, 5.74) is 0. The molecule has 0 aromatic rings. The van der Waals surface area contributed by atoms with Gasteiger partial charge in [0.05, 0.1) is 0 Å². The molecule has 1 aliphatic carbocycles. The zero-order valence-electron chi connectivity index (χ0n) is 8.05. The summed E-state index contributed by atoms with van der Waals surface area (Å²) in [7, 11) is 0. The van der Waals surface area contributed by atoms with Crippen molar-refractivity contribution in [2.24, 2.45) is 5.92 Å². The van der Waals surface area contributed by atoms with Crippen LogP contribution in [0.1, 0.15) is 34.1 Å². The Hall–Kier alpha value is -0.180. The lowest BCUT2D eigenvalue weighted by Crippen LogP contribution is -2.26. The normalized spacial score (nSPS) is 34.8. The smallest absolute Gasteiger partial charge is 0.320 e. The summed E-state index contributed by atoms with van der Waals surface area (Å²) in [6.07, 6.45) is 0.824. The molecule has 0 spiro atoms. The van der Waals surface area contributed by atoms with Crippen molar-refractivity contribution in [3.05, 3.63) is 0 Å². The summed E-state index contributed by atoms with van der Waals surface area (Å²) >= 11 is 1.59. The highest BCUT2D eigenvalue weighted by Gasteiger charge is 2.59. The highest BCUT2D eigenvalue weighted by Crippen LogP contribution is 2.57. The first-order valence-corrected chi connectivity index (χ1v) is 5.03. The molecule has 12 heavy (non-hydrogen) atoms. The van der Waals surface area contributed by atoms with E-state index < -0.39 is 10.7 Å². The number of carboxylic acids is 1. The van der Waals surface area contributed by atoms with Crippen molar-refractivity contribution in [3.8, 4) is 0 Å². The number of carboxylic acid groups (broad SMARTS) is 1. The molecule has 0 aliphatic heterocycles. The summed E-state index contributed by atoms with van der Waals surface area (Å²) in [6.45, 7) is 8.20. The summed E-state index contributed by atoms with van der Waals surface area (Å²) in [4.78, 5) is 11.0. The fraction of sp³-hybridized carbons (Fsp3) is 0.889. The first-order valence-electron chi connectivity index (χ1n) is 4.21. The molecule has 3 heteroatoms. The molecule has 0 aromatic heterocycles. The van der Waals surface area contributed by atoms with E-state index in [1.54, 1.807) is 11.8 Å². The van der Waals surface area contributed by atoms with Gasteiger partial charge < -0.3 is 5.11 Å². The Balaban J connectivity index is 2.66. The van der Waals surface area contributed by atoms with Crippen LogP contribution in [0.4, 0.5) is 0 Å². The van der Waals surface area contributed by atoms with Crippen LogP contribution in [0.2, 0.25) is 0 Å². The Kier molecular flexibility index (Phi) is 2.19. The van der Waals surface area contributed by atoms with E-state index in [0.717, 1.165) is 6.42 Å². The lowest BCUT2D eigenvalue weighted by Gasteiger charge is -2.23. The van der Waals surface area contributed by atoms with E-state index in [9.17, 15) is 4.79 Å². The number of hydrogen-bond donors (Lipinski definition) is 1. The van der Waals surface area contributed by atoms with Crippen LogP contribution in [-0.4, -0.2) is 20.6 Å². The van der Waals surface area contributed by atoms with Gasteiger partial charge in [-0.05, 0) is 12.3 Å². The van der Waals surface area contributed by atoms with Gasteiger partial charge in [0.1, 0.15) is 4.75 Å². The number of thioether (sulfide) groups is 1. The molecule has 0 amide bonds. The van der Waals surface area contributed by atoms with E-state index in [1.165, 1.54) is 0 Å². The van der Waals surface area contributed by atoms with Crippen LogP contribution in [0.3, 0.4) is 0 Å². The second-order valence-electron chi connectivity index (χ2n) is 4.51. The molecule has 1 N–H and O–H groups in total. The quantitative estimate of drug-likeness (QED) is 0.723. The van der Waals surface area contributed by atoms with E-state index in [4.69, 9.17) is 5.11 Å². The zero-order chi connectivity index (χ0) is 9.57. The second kappa shape index (κ2) is 2.66. The molecule has 1 aliphatic rings. The Morgan fingerprint density at radius 2 is 2.00 bits per heavy atom. The molecular weight excluding hydrogens is 172 g/mol. The molecule has 2 atom stereocenters. The largest absolute Gasteiger partial charge is 0.480 e. The van der Waals surface area contributed by atoms with E-state index in [0.29, 0.717) is 5.92 Å². The molecule has 2 nitrogen and oxygen atoms in total. The van der Waals surface area contributed by atoms with Crippen LogP contribution in [0.5, 0.6) is 0 Å². The molecule has 0 saturated heterocycles. The maximum Gasteiger partial charge on any atom is 0.320 e. The standard InChI is InChI=1S/C9H16O2S/c1-6-5-9(6,7(10)11)12-8(2,3)4/h6H,5H2,1-4H3,(H,10,11). The summed E-state index contributed by atoms with van der Waals surface area (Å²) in [5.74, 6) is -0.311. The van der Waals surface area contributed by atoms with E-state index in [2.05, 4.69) is 20.8 Å². The average Bonchev–Trinajstić information content (AvgIpc) is 2.38. The van der Waals surface area contributed by atoms with Gasteiger partial charge in [-0.3, -0.25) is 4.79 Å². The van der Waals surface area contributed by atoms with Crippen molar-refractivity contribution in [1.29, 1.82) is 0 Å². The molecular formula is C9H16O2S. The molecule has 1 rings (SSSR count). The SMILES string of the molecule is CC1CC1(SC(C)(C)C)C(=O)O. The maximum absolute atomic E-state index is 11.0. The van der Waals surface area contributed by atoms with Crippen LogP contribution < -0.4 is 0 Å². The zero-order valence-corrected chi connectivity index (χ0v) is 8.86. The van der Waals surface area contributed by atoms with Crippen LogP contribution in [-0.2, 0) is 4.79 Å². The van der Waals surface area contributed by atoms with Gasteiger partial charge in [0.15, 0.2) is 0 Å². The van der Waals surface area contributed by atoms with Crippen molar-refractivity contribution in [2.75, 3.05) is 0 Å². The predicted molar refractivity (Wildman–Crippen MR) is 51.5 cm³/mol. The van der Waals surface area contributed by atoms with Gasteiger partial charge in [0.2, 0.25) is 0 Å². The topological polar surface area (TPSA) is 37.3 Å². The van der Waals surface area contributed by atoms with Gasteiger partial charge in [-0.1, -0.05) is 27.7 Å². The van der Waals surface area contributed by atoms with Gasteiger partial charge in [-0.2, -0.15) is 0 Å². The Labute approximate surface area is 77.7 Å². The highest BCUT2D eigenvalue weighted by molar-refractivity contribution is 8.03. The minimum atomic E-state index is -0.644. The van der Waals surface area contributed by atoms with Crippen LogP contribution >= 0.6 is 11.8 Å². The molecule has 2 unspecified atom stereocenters. The Morgan fingerprint density at radius 1 is 1.58 bits per heavy atom. The molecule has 1 saturated carbocycles. The summed E-state index contributed by atoms with van der Waals surface area (Å²) in [5, 5.41) is 9.02. The van der Waals surface area contributed by atoms with E-state index in [-0.39, 0.29) is 4.75 Å². The van der Waals surface area contributed by atoms with Crippen molar-refractivity contribution in [1.82, 2.24) is 0 Å². The van der Waals surface area contributed by atoms with Crippen molar-refractivity contribution in [2.45, 2.75) is 43.6 Å². The minimum Gasteiger partial charge on any atom is -0.480 e. The van der Waals surface area contributed by atoms with Crippen molar-refractivity contribution in [3.63, 3.8) is 0 Å². The van der Waals surface area contributed by atoms with Gasteiger partial charge in [-0.15, -0.1) is 11.8 Å². The lowest BCUT2D eigenvalue weighted by molar-refractivity contribution is -0.137. The average molecular weight is 188 g/mol. The third-order valence-corrected chi connectivity index (χ3v) is 3.82. The molecule has 0 bridgehead atoms. The number of aliphatic carboxylic acids is 1. The number of carbonyl (C=O) groups is 1.